The first-order chi connectivity index (χ1) is 7.75. The van der Waals surface area contributed by atoms with Gasteiger partial charge >= 0.3 is 0 Å². The van der Waals surface area contributed by atoms with Crippen LogP contribution in [0, 0.1) is 13.8 Å². The number of aryl methyl sites for hydroxylation is 2. The minimum absolute atomic E-state index is 0.607. The highest BCUT2D eigenvalue weighted by Gasteiger charge is 2.02. The van der Waals surface area contributed by atoms with E-state index in [-0.39, 0.29) is 0 Å². The van der Waals surface area contributed by atoms with Crippen LogP contribution in [0.2, 0.25) is 0 Å². The lowest BCUT2D eigenvalue weighted by molar-refractivity contribution is 0.387. The highest BCUT2D eigenvalue weighted by atomic mass is 16.5. The quantitative estimate of drug-likeness (QED) is 0.846. The van der Waals surface area contributed by atoms with Crippen molar-refractivity contribution < 1.29 is 4.52 Å². The van der Waals surface area contributed by atoms with Crippen LogP contribution in [-0.4, -0.2) is 21.7 Å². The fourth-order valence-corrected chi connectivity index (χ4v) is 1.42. The van der Waals surface area contributed by atoms with Crippen LogP contribution < -0.4 is 5.32 Å². The van der Waals surface area contributed by atoms with Gasteiger partial charge < -0.3 is 9.84 Å². The summed E-state index contributed by atoms with van der Waals surface area (Å²) in [5.41, 5.74) is 2.22. The largest absolute Gasteiger partial charge is 0.384 e. The van der Waals surface area contributed by atoms with E-state index in [0.29, 0.717) is 5.89 Å². The third-order valence-electron chi connectivity index (χ3n) is 2.25. The van der Waals surface area contributed by atoms with Gasteiger partial charge in [0.1, 0.15) is 0 Å². The van der Waals surface area contributed by atoms with Crippen LogP contribution in [0.1, 0.15) is 17.3 Å². The predicted molar refractivity (Wildman–Crippen MR) is 60.2 cm³/mol. The first-order valence-electron chi connectivity index (χ1n) is 5.19. The number of anilines is 1. The second kappa shape index (κ2) is 4.74. The molecule has 16 heavy (non-hydrogen) atoms. The maximum absolute atomic E-state index is 4.89. The molecule has 5 heteroatoms. The van der Waals surface area contributed by atoms with Crippen LogP contribution in [0.5, 0.6) is 0 Å². The van der Waals surface area contributed by atoms with Crippen LogP contribution in [0.4, 0.5) is 5.69 Å². The van der Waals surface area contributed by atoms with Gasteiger partial charge in [0.25, 0.3) is 0 Å². The number of nitrogens with zero attached hydrogens (tertiary/aromatic N) is 3. The summed E-state index contributed by atoms with van der Waals surface area (Å²) in [6.45, 7) is 4.59. The molecule has 5 nitrogen and oxygen atoms in total. The maximum Gasteiger partial charge on any atom is 0.223 e. The van der Waals surface area contributed by atoms with Crippen LogP contribution in [-0.2, 0) is 6.42 Å². The molecule has 0 saturated heterocycles. The Morgan fingerprint density at radius 3 is 2.94 bits per heavy atom. The molecule has 0 aliphatic carbocycles. The first-order valence-corrected chi connectivity index (χ1v) is 5.19. The minimum Gasteiger partial charge on any atom is -0.384 e. The van der Waals surface area contributed by atoms with E-state index in [2.05, 4.69) is 20.4 Å². The Kier molecular flexibility index (Phi) is 3.14. The van der Waals surface area contributed by atoms with Crippen molar-refractivity contribution in [3.05, 3.63) is 35.7 Å². The molecule has 0 radical (unpaired) electrons. The van der Waals surface area contributed by atoms with E-state index in [9.17, 15) is 0 Å². The Morgan fingerprint density at radius 2 is 2.25 bits per heavy atom. The van der Waals surface area contributed by atoms with Gasteiger partial charge in [-0.15, -0.1) is 0 Å². The van der Waals surface area contributed by atoms with Crippen molar-refractivity contribution >= 4 is 5.69 Å². The Bertz CT molecular complexity index is 467. The molecule has 2 heterocycles. The molecule has 0 amide bonds. The predicted octanol–water partition coefficient (Wildman–Crippen LogP) is 1.74. The molecular weight excluding hydrogens is 204 g/mol. The summed E-state index contributed by atoms with van der Waals surface area (Å²) in [6.07, 6.45) is 4.35. The Labute approximate surface area is 93.9 Å². The molecule has 0 spiro atoms. The average molecular weight is 218 g/mol. The number of nitrogens with one attached hydrogen (secondary N) is 1. The van der Waals surface area contributed by atoms with Crippen molar-refractivity contribution in [3.8, 4) is 0 Å². The van der Waals surface area contributed by atoms with Crippen molar-refractivity contribution in [2.24, 2.45) is 0 Å². The highest BCUT2D eigenvalue weighted by molar-refractivity contribution is 5.48. The van der Waals surface area contributed by atoms with Crippen molar-refractivity contribution in [2.75, 3.05) is 11.9 Å². The fraction of sp³-hybridized carbons (Fsp3) is 0.364. The lowest BCUT2D eigenvalue weighted by Crippen LogP contribution is -2.07. The molecule has 1 N–H and O–H groups in total. The van der Waals surface area contributed by atoms with Crippen LogP contribution >= 0.6 is 0 Å². The molecule has 0 aliphatic rings. The first kappa shape index (κ1) is 10.6. The summed E-state index contributed by atoms with van der Waals surface area (Å²) in [4.78, 5) is 8.17. The normalized spacial score (nSPS) is 10.4. The second-order valence-corrected chi connectivity index (χ2v) is 3.60. The smallest absolute Gasteiger partial charge is 0.223 e. The molecule has 0 aliphatic heterocycles. The lowest BCUT2D eigenvalue weighted by atomic mass is 10.2. The topological polar surface area (TPSA) is 63.8 Å². The van der Waals surface area contributed by atoms with Crippen molar-refractivity contribution in [1.82, 2.24) is 15.1 Å². The average Bonchev–Trinajstić information content (AvgIpc) is 2.67. The van der Waals surface area contributed by atoms with E-state index in [4.69, 9.17) is 4.52 Å². The van der Waals surface area contributed by atoms with E-state index < -0.39 is 0 Å². The van der Waals surface area contributed by atoms with Gasteiger partial charge in [-0.3, -0.25) is 4.98 Å². The van der Waals surface area contributed by atoms with Crippen LogP contribution in [0.15, 0.2) is 23.0 Å². The van der Waals surface area contributed by atoms with Gasteiger partial charge in [0.2, 0.25) is 5.89 Å². The molecule has 2 rings (SSSR count). The van der Waals surface area contributed by atoms with Crippen molar-refractivity contribution in [2.45, 2.75) is 20.3 Å². The Morgan fingerprint density at radius 1 is 1.38 bits per heavy atom. The summed E-state index contributed by atoms with van der Waals surface area (Å²) < 4.78 is 4.89. The third kappa shape index (κ3) is 2.56. The second-order valence-electron chi connectivity index (χ2n) is 3.60. The van der Waals surface area contributed by atoms with Gasteiger partial charge in [0, 0.05) is 38.0 Å². The zero-order chi connectivity index (χ0) is 11.4. The zero-order valence-electron chi connectivity index (χ0n) is 9.40. The number of hydrogen-bond acceptors (Lipinski definition) is 5. The Balaban J connectivity index is 1.87. The van der Waals surface area contributed by atoms with Crippen molar-refractivity contribution in [3.63, 3.8) is 0 Å². The lowest BCUT2D eigenvalue weighted by Gasteiger charge is -2.06. The highest BCUT2D eigenvalue weighted by Crippen LogP contribution is 2.11. The molecular formula is C11H14N4O. The zero-order valence-corrected chi connectivity index (χ0v) is 9.40. The molecule has 0 unspecified atom stereocenters. The van der Waals surface area contributed by atoms with E-state index >= 15 is 0 Å². The summed E-state index contributed by atoms with van der Waals surface area (Å²) in [7, 11) is 0. The van der Waals surface area contributed by atoms with E-state index in [1.807, 2.05) is 19.2 Å². The van der Waals surface area contributed by atoms with Gasteiger partial charge in [0.05, 0.1) is 0 Å². The molecule has 0 atom stereocenters. The Hall–Kier alpha value is -1.91. The van der Waals surface area contributed by atoms with E-state index in [1.54, 1.807) is 13.1 Å². The summed E-state index contributed by atoms with van der Waals surface area (Å²) in [6, 6.07) is 1.96. The molecule has 0 aromatic carbocycles. The van der Waals surface area contributed by atoms with Gasteiger partial charge in [-0.2, -0.15) is 4.98 Å². The number of pyridine rings is 1. The van der Waals surface area contributed by atoms with Crippen LogP contribution in [0.3, 0.4) is 0 Å². The molecule has 2 aromatic heterocycles. The fourth-order valence-electron chi connectivity index (χ4n) is 1.42. The molecule has 2 aromatic rings. The molecule has 0 saturated carbocycles. The van der Waals surface area contributed by atoms with Gasteiger partial charge in [-0.1, -0.05) is 5.16 Å². The number of aromatic nitrogens is 3. The van der Waals surface area contributed by atoms with Gasteiger partial charge in [-0.05, 0) is 18.6 Å². The van der Waals surface area contributed by atoms with E-state index in [0.717, 1.165) is 30.0 Å². The summed E-state index contributed by atoms with van der Waals surface area (Å²) in [5, 5.41) is 7.14. The molecule has 0 bridgehead atoms. The summed E-state index contributed by atoms with van der Waals surface area (Å²) >= 11 is 0. The third-order valence-corrected chi connectivity index (χ3v) is 2.25. The molecule has 0 fully saturated rings. The van der Waals surface area contributed by atoms with Crippen molar-refractivity contribution in [1.29, 1.82) is 0 Å². The van der Waals surface area contributed by atoms with Gasteiger partial charge in [-0.25, -0.2) is 0 Å². The SMILES string of the molecule is Cc1nc(CCNc2ccncc2C)no1. The van der Waals surface area contributed by atoms with E-state index in [1.165, 1.54) is 0 Å². The monoisotopic (exact) mass is 218 g/mol. The van der Waals surface area contributed by atoms with Gasteiger partial charge in [0.15, 0.2) is 5.82 Å². The summed E-state index contributed by atoms with van der Waals surface area (Å²) in [5.74, 6) is 1.34. The van der Waals surface area contributed by atoms with Crippen LogP contribution in [0.25, 0.3) is 0 Å². The minimum atomic E-state index is 0.607. The number of hydrogen-bond donors (Lipinski definition) is 1. The standard InChI is InChI=1S/C11H14N4O/c1-8-7-12-5-3-10(8)13-6-4-11-14-9(2)16-15-11/h3,5,7H,4,6H2,1-2H3,(H,12,13). The maximum atomic E-state index is 4.89. The molecule has 84 valence electrons. The number of rotatable bonds is 4.